The topological polar surface area (TPSA) is 32.7 Å². The number of amidine groups is 1. The number of carbonyl (C=O) groups excluding carboxylic acids is 1. The summed E-state index contributed by atoms with van der Waals surface area (Å²) in [5.41, 5.74) is 0.575. The van der Waals surface area contributed by atoms with E-state index in [2.05, 4.69) is 4.99 Å². The molecule has 1 aromatic rings. The van der Waals surface area contributed by atoms with Crippen molar-refractivity contribution in [3.8, 4) is 0 Å². The number of rotatable bonds is 3. The molecule has 0 atom stereocenters. The van der Waals surface area contributed by atoms with Gasteiger partial charge >= 0.3 is 0 Å². The van der Waals surface area contributed by atoms with Gasteiger partial charge < -0.3 is 4.90 Å². The van der Waals surface area contributed by atoms with E-state index in [0.29, 0.717) is 22.0 Å². The molecule has 5 heteroatoms. The fourth-order valence-electron chi connectivity index (χ4n) is 1.87. The van der Waals surface area contributed by atoms with Gasteiger partial charge in [0.05, 0.1) is 16.5 Å². The number of Topliss-reactive ketones (excluding diaryl/α,β-unsaturated/α-hetero) is 1. The Bertz CT molecular complexity index is 500. The maximum absolute atomic E-state index is 12.1. The van der Waals surface area contributed by atoms with Crippen molar-refractivity contribution in [2.45, 2.75) is 12.8 Å². The number of benzene rings is 1. The van der Waals surface area contributed by atoms with Crippen LogP contribution in [0.25, 0.3) is 0 Å². The Hall–Kier alpha value is -1.06. The molecule has 2 rings (SSSR count). The lowest BCUT2D eigenvalue weighted by atomic mass is 10.1. The van der Waals surface area contributed by atoms with Gasteiger partial charge in [0.25, 0.3) is 0 Å². The Morgan fingerprint density at radius 1 is 1.39 bits per heavy atom. The molecule has 0 radical (unpaired) electrons. The third kappa shape index (κ3) is 3.03. The van der Waals surface area contributed by atoms with Crippen LogP contribution in [0, 0.1) is 0 Å². The molecule has 1 aromatic carbocycles. The molecule has 0 unspecified atom stereocenters. The largest absolute Gasteiger partial charge is 0.363 e. The van der Waals surface area contributed by atoms with E-state index < -0.39 is 0 Å². The van der Waals surface area contributed by atoms with E-state index in [9.17, 15) is 4.79 Å². The van der Waals surface area contributed by atoms with Crippen molar-refractivity contribution >= 4 is 34.8 Å². The van der Waals surface area contributed by atoms with E-state index in [1.807, 2.05) is 11.9 Å². The lowest BCUT2D eigenvalue weighted by molar-refractivity contribution is 0.0997. The van der Waals surface area contributed by atoms with Gasteiger partial charge in [-0.05, 0) is 24.6 Å². The second-order valence-electron chi connectivity index (χ2n) is 4.30. The highest BCUT2D eigenvalue weighted by atomic mass is 35.5. The summed E-state index contributed by atoms with van der Waals surface area (Å²) in [4.78, 5) is 18.5. The molecule has 0 aliphatic carbocycles. The van der Waals surface area contributed by atoms with Crippen LogP contribution in [0.4, 0.5) is 0 Å². The first-order valence-corrected chi connectivity index (χ1v) is 6.56. The molecule has 1 aliphatic rings. The summed E-state index contributed by atoms with van der Waals surface area (Å²) in [6.45, 7) is 1.75. The average molecular weight is 285 g/mol. The maximum atomic E-state index is 12.1. The van der Waals surface area contributed by atoms with Crippen LogP contribution in [0.15, 0.2) is 23.2 Å². The van der Waals surface area contributed by atoms with E-state index in [1.54, 1.807) is 18.2 Å². The Morgan fingerprint density at radius 2 is 2.17 bits per heavy atom. The van der Waals surface area contributed by atoms with Gasteiger partial charge in [-0.2, -0.15) is 0 Å². The zero-order valence-corrected chi connectivity index (χ0v) is 11.6. The molecule has 0 aromatic heterocycles. The molecule has 1 aliphatic heterocycles. The summed E-state index contributed by atoms with van der Waals surface area (Å²) in [6, 6.07) is 4.94. The van der Waals surface area contributed by atoms with Crippen LogP contribution in [-0.2, 0) is 0 Å². The quantitative estimate of drug-likeness (QED) is 0.798. The van der Waals surface area contributed by atoms with Crippen molar-refractivity contribution in [1.29, 1.82) is 0 Å². The lowest BCUT2D eigenvalue weighted by Gasteiger charge is -2.24. The van der Waals surface area contributed by atoms with Crippen molar-refractivity contribution in [3.63, 3.8) is 0 Å². The highest BCUT2D eigenvalue weighted by Crippen LogP contribution is 2.23. The molecular formula is C13H14Cl2N2O. The zero-order valence-electron chi connectivity index (χ0n) is 10.1. The summed E-state index contributed by atoms with van der Waals surface area (Å²) in [5.74, 6) is 0.860. The standard InChI is InChI=1S/C13H14Cl2N2O/c1-17-6-2-5-16-13(17)8-12(18)9-3-4-10(14)11(15)7-9/h3-4,7H,2,5-6,8H2,1H3. The van der Waals surface area contributed by atoms with Crippen molar-refractivity contribution in [3.05, 3.63) is 33.8 Å². The van der Waals surface area contributed by atoms with E-state index in [1.165, 1.54) is 0 Å². The van der Waals surface area contributed by atoms with E-state index in [-0.39, 0.29) is 5.78 Å². The van der Waals surface area contributed by atoms with Gasteiger partial charge in [0, 0.05) is 25.7 Å². The predicted molar refractivity (Wildman–Crippen MR) is 75.0 cm³/mol. The first-order valence-electron chi connectivity index (χ1n) is 5.80. The number of carbonyl (C=O) groups is 1. The molecule has 0 bridgehead atoms. The molecule has 1 heterocycles. The Morgan fingerprint density at radius 3 is 2.83 bits per heavy atom. The zero-order chi connectivity index (χ0) is 13.1. The summed E-state index contributed by atoms with van der Waals surface area (Å²) in [5, 5.41) is 0.863. The molecule has 0 saturated heterocycles. The summed E-state index contributed by atoms with van der Waals surface area (Å²) < 4.78 is 0. The highest BCUT2D eigenvalue weighted by molar-refractivity contribution is 6.42. The fraction of sp³-hybridized carbons (Fsp3) is 0.385. The summed E-state index contributed by atoms with van der Waals surface area (Å²) >= 11 is 11.7. The summed E-state index contributed by atoms with van der Waals surface area (Å²) in [7, 11) is 1.96. The average Bonchev–Trinajstić information content (AvgIpc) is 2.35. The van der Waals surface area contributed by atoms with E-state index in [4.69, 9.17) is 23.2 Å². The molecule has 0 saturated carbocycles. The third-order valence-corrected chi connectivity index (χ3v) is 3.69. The van der Waals surface area contributed by atoms with E-state index >= 15 is 0 Å². The molecule has 18 heavy (non-hydrogen) atoms. The van der Waals surface area contributed by atoms with Gasteiger partial charge in [-0.3, -0.25) is 9.79 Å². The van der Waals surface area contributed by atoms with Gasteiger partial charge in [-0.25, -0.2) is 0 Å². The Balaban J connectivity index is 2.12. The number of aliphatic imine (C=N–C) groups is 1. The highest BCUT2D eigenvalue weighted by Gasteiger charge is 2.16. The van der Waals surface area contributed by atoms with Crippen LogP contribution in [-0.4, -0.2) is 36.7 Å². The molecular weight excluding hydrogens is 271 g/mol. The van der Waals surface area contributed by atoms with E-state index in [0.717, 1.165) is 25.3 Å². The minimum absolute atomic E-state index is 0.0149. The monoisotopic (exact) mass is 284 g/mol. The van der Waals surface area contributed by atoms with Gasteiger partial charge in [-0.15, -0.1) is 0 Å². The Labute approximate surface area is 116 Å². The van der Waals surface area contributed by atoms with Crippen molar-refractivity contribution in [1.82, 2.24) is 4.90 Å². The Kier molecular flexibility index (Phi) is 4.25. The summed E-state index contributed by atoms with van der Waals surface area (Å²) in [6.07, 6.45) is 1.36. The van der Waals surface area contributed by atoms with Crippen molar-refractivity contribution < 1.29 is 4.79 Å². The van der Waals surface area contributed by atoms with Crippen LogP contribution in [0.2, 0.25) is 10.0 Å². The maximum Gasteiger partial charge on any atom is 0.170 e. The molecule has 0 spiro atoms. The fourth-order valence-corrected chi connectivity index (χ4v) is 2.17. The number of ketones is 1. The SMILES string of the molecule is CN1CCCN=C1CC(=O)c1ccc(Cl)c(Cl)c1. The second-order valence-corrected chi connectivity index (χ2v) is 5.12. The molecule has 0 N–H and O–H groups in total. The predicted octanol–water partition coefficient (Wildman–Crippen LogP) is 3.30. The van der Waals surface area contributed by atoms with Gasteiger partial charge in [-0.1, -0.05) is 23.2 Å². The minimum Gasteiger partial charge on any atom is -0.363 e. The minimum atomic E-state index is 0.0149. The van der Waals surface area contributed by atoms with Crippen molar-refractivity contribution in [2.75, 3.05) is 20.1 Å². The van der Waals surface area contributed by atoms with Crippen LogP contribution in [0.3, 0.4) is 0 Å². The lowest BCUT2D eigenvalue weighted by Crippen LogP contribution is -2.33. The van der Waals surface area contributed by atoms with Crippen LogP contribution in [0.1, 0.15) is 23.2 Å². The number of hydrogen-bond donors (Lipinski definition) is 0. The van der Waals surface area contributed by atoms with Crippen LogP contribution < -0.4 is 0 Å². The number of halogens is 2. The first-order chi connectivity index (χ1) is 8.58. The van der Waals surface area contributed by atoms with Crippen LogP contribution in [0.5, 0.6) is 0 Å². The number of hydrogen-bond acceptors (Lipinski definition) is 3. The van der Waals surface area contributed by atoms with Gasteiger partial charge in [0.2, 0.25) is 0 Å². The molecule has 0 amide bonds. The van der Waals surface area contributed by atoms with Crippen LogP contribution >= 0.6 is 23.2 Å². The normalized spacial score (nSPS) is 15.5. The number of nitrogens with zero attached hydrogens (tertiary/aromatic N) is 2. The van der Waals surface area contributed by atoms with Crippen molar-refractivity contribution in [2.24, 2.45) is 4.99 Å². The van der Waals surface area contributed by atoms with Gasteiger partial charge in [0.1, 0.15) is 5.84 Å². The molecule has 3 nitrogen and oxygen atoms in total. The smallest absolute Gasteiger partial charge is 0.170 e. The third-order valence-electron chi connectivity index (χ3n) is 2.95. The molecule has 0 fully saturated rings. The second kappa shape index (κ2) is 5.72. The van der Waals surface area contributed by atoms with Gasteiger partial charge in [0.15, 0.2) is 5.78 Å². The first kappa shape index (κ1) is 13.4. The molecule has 96 valence electrons.